The van der Waals surface area contributed by atoms with Gasteiger partial charge in [0.05, 0.1) is 24.8 Å². The fourth-order valence-corrected chi connectivity index (χ4v) is 3.33. The van der Waals surface area contributed by atoms with E-state index in [0.717, 1.165) is 5.56 Å². The monoisotopic (exact) mass is 416 g/mol. The molecule has 1 aliphatic rings. The molecule has 1 N–H and O–H groups in total. The van der Waals surface area contributed by atoms with Crippen molar-refractivity contribution >= 4 is 29.2 Å². The van der Waals surface area contributed by atoms with Gasteiger partial charge in [0.1, 0.15) is 5.78 Å². The number of nitrogens with zero attached hydrogens (tertiary/aromatic N) is 1. The number of aryl methyl sites for hydroxylation is 1. The van der Waals surface area contributed by atoms with Crippen molar-refractivity contribution in [3.63, 3.8) is 0 Å². The van der Waals surface area contributed by atoms with Crippen LogP contribution >= 0.6 is 0 Å². The van der Waals surface area contributed by atoms with E-state index in [1.165, 1.54) is 4.90 Å². The lowest BCUT2D eigenvalue weighted by Crippen LogP contribution is -2.31. The fourth-order valence-electron chi connectivity index (χ4n) is 3.33. The Labute approximate surface area is 178 Å². The Balaban J connectivity index is 1.72. The molecule has 1 unspecified atom stereocenters. The minimum Gasteiger partial charge on any atom is -0.379 e. The molecule has 1 atom stereocenters. The van der Waals surface area contributed by atoms with Crippen LogP contribution in [0.5, 0.6) is 0 Å². The number of Topliss-reactive ketones (excluding diaryl/α,β-unsaturated/α-hetero) is 1. The second kappa shape index (κ2) is 11.6. The number of anilines is 1. The number of hydrogen-bond donors (Lipinski definition) is 1. The molecule has 1 fully saturated rings. The average Bonchev–Trinajstić information content (AvgIpc) is 3.03. The van der Waals surface area contributed by atoms with Crippen LogP contribution in [-0.4, -0.2) is 43.3 Å². The number of carbonyl (C=O) groups is 4. The molecule has 1 heterocycles. The number of ether oxygens (including phenoxy) is 1. The van der Waals surface area contributed by atoms with Crippen molar-refractivity contribution in [3.05, 3.63) is 29.8 Å². The second-order valence-corrected chi connectivity index (χ2v) is 7.89. The Bertz CT molecular complexity index is 757. The molecule has 0 aromatic heterocycles. The summed E-state index contributed by atoms with van der Waals surface area (Å²) in [5, 5.41) is 2.79. The van der Waals surface area contributed by atoms with Gasteiger partial charge in [0, 0.05) is 32.2 Å². The van der Waals surface area contributed by atoms with E-state index in [0.29, 0.717) is 51.1 Å². The maximum Gasteiger partial charge on any atom is 0.237 e. The van der Waals surface area contributed by atoms with E-state index in [9.17, 15) is 19.2 Å². The van der Waals surface area contributed by atoms with Gasteiger partial charge in [0.2, 0.25) is 17.7 Å². The van der Waals surface area contributed by atoms with Gasteiger partial charge in [-0.05, 0) is 30.0 Å². The van der Waals surface area contributed by atoms with E-state index in [2.05, 4.69) is 5.32 Å². The number of ketones is 1. The molecule has 0 bridgehead atoms. The highest BCUT2D eigenvalue weighted by atomic mass is 16.5. The number of benzene rings is 1. The lowest BCUT2D eigenvalue weighted by molar-refractivity contribution is -0.123. The molecule has 7 nitrogen and oxygen atoms in total. The van der Waals surface area contributed by atoms with Crippen LogP contribution in [0.15, 0.2) is 24.3 Å². The van der Waals surface area contributed by atoms with Crippen LogP contribution in [0.3, 0.4) is 0 Å². The molecule has 0 aliphatic carbocycles. The predicted molar refractivity (Wildman–Crippen MR) is 114 cm³/mol. The SMILES string of the molecule is CCC(=O)CCOCCNC(=O)CCc1ccc(N2C(=O)CC(C(C)C)C2=O)cc1. The van der Waals surface area contributed by atoms with Crippen molar-refractivity contribution < 1.29 is 23.9 Å². The number of imide groups is 1. The van der Waals surface area contributed by atoms with E-state index < -0.39 is 0 Å². The van der Waals surface area contributed by atoms with Crippen LogP contribution in [0, 0.1) is 11.8 Å². The first kappa shape index (κ1) is 23.7. The van der Waals surface area contributed by atoms with Crippen molar-refractivity contribution in [2.24, 2.45) is 11.8 Å². The Morgan fingerprint density at radius 1 is 1.13 bits per heavy atom. The summed E-state index contributed by atoms with van der Waals surface area (Å²) in [6.07, 6.45) is 2.09. The van der Waals surface area contributed by atoms with Gasteiger partial charge in [0.15, 0.2) is 0 Å². The van der Waals surface area contributed by atoms with Crippen LogP contribution in [0.1, 0.15) is 52.0 Å². The van der Waals surface area contributed by atoms with Gasteiger partial charge in [-0.25, -0.2) is 0 Å². The highest BCUT2D eigenvalue weighted by molar-refractivity contribution is 6.21. The lowest BCUT2D eigenvalue weighted by atomic mass is 9.94. The van der Waals surface area contributed by atoms with E-state index in [1.807, 2.05) is 32.9 Å². The molecular weight excluding hydrogens is 384 g/mol. The maximum absolute atomic E-state index is 12.5. The maximum atomic E-state index is 12.5. The summed E-state index contributed by atoms with van der Waals surface area (Å²) in [6.45, 7) is 6.90. The number of hydrogen-bond acceptors (Lipinski definition) is 5. The summed E-state index contributed by atoms with van der Waals surface area (Å²) in [5.74, 6) is -0.318. The minimum absolute atomic E-state index is 0.0722. The predicted octanol–water partition coefficient (Wildman–Crippen LogP) is 2.66. The second-order valence-electron chi connectivity index (χ2n) is 7.89. The van der Waals surface area contributed by atoms with E-state index in [1.54, 1.807) is 12.1 Å². The Morgan fingerprint density at radius 3 is 2.43 bits per heavy atom. The highest BCUT2D eigenvalue weighted by Crippen LogP contribution is 2.30. The van der Waals surface area contributed by atoms with Crippen LogP contribution in [-0.2, 0) is 30.3 Å². The number of nitrogens with one attached hydrogen (secondary N) is 1. The number of rotatable bonds is 12. The number of amides is 3. The molecule has 164 valence electrons. The summed E-state index contributed by atoms with van der Waals surface area (Å²) in [5.41, 5.74) is 1.54. The average molecular weight is 417 g/mol. The third-order valence-electron chi connectivity index (χ3n) is 5.31. The van der Waals surface area contributed by atoms with E-state index >= 15 is 0 Å². The first-order valence-electron chi connectivity index (χ1n) is 10.6. The molecule has 7 heteroatoms. The molecule has 3 amide bonds. The largest absolute Gasteiger partial charge is 0.379 e. The quantitative estimate of drug-likeness (QED) is 0.418. The van der Waals surface area contributed by atoms with Gasteiger partial charge < -0.3 is 10.1 Å². The van der Waals surface area contributed by atoms with Gasteiger partial charge in [-0.2, -0.15) is 0 Å². The van der Waals surface area contributed by atoms with Gasteiger partial charge in [-0.1, -0.05) is 32.9 Å². The van der Waals surface area contributed by atoms with Gasteiger partial charge >= 0.3 is 0 Å². The fraction of sp³-hybridized carbons (Fsp3) is 0.565. The summed E-state index contributed by atoms with van der Waals surface area (Å²) >= 11 is 0. The van der Waals surface area contributed by atoms with Crippen LogP contribution in [0.25, 0.3) is 0 Å². The number of carbonyl (C=O) groups excluding carboxylic acids is 4. The zero-order valence-electron chi connectivity index (χ0n) is 18.1. The topological polar surface area (TPSA) is 92.8 Å². The standard InChI is InChI=1S/C23H32N2O5/c1-4-19(26)11-13-30-14-12-24-21(27)10-7-17-5-8-18(9-6-17)25-22(28)15-20(16(2)3)23(25)29/h5-6,8-9,16,20H,4,7,10-15H2,1-3H3,(H,24,27). The molecular formula is C23H32N2O5. The van der Waals surface area contributed by atoms with Crippen molar-refractivity contribution in [2.75, 3.05) is 24.7 Å². The molecule has 0 radical (unpaired) electrons. The first-order chi connectivity index (χ1) is 14.3. The molecule has 1 aromatic rings. The summed E-state index contributed by atoms with van der Waals surface area (Å²) in [6, 6.07) is 7.22. The Hall–Kier alpha value is -2.54. The van der Waals surface area contributed by atoms with Gasteiger partial charge in [-0.3, -0.25) is 24.1 Å². The molecule has 1 aromatic carbocycles. The van der Waals surface area contributed by atoms with Gasteiger partial charge in [0.25, 0.3) is 0 Å². The van der Waals surface area contributed by atoms with Crippen LogP contribution < -0.4 is 10.2 Å². The van der Waals surface area contributed by atoms with Crippen molar-refractivity contribution in [1.82, 2.24) is 5.32 Å². The van der Waals surface area contributed by atoms with Crippen molar-refractivity contribution in [2.45, 2.75) is 52.9 Å². The van der Waals surface area contributed by atoms with Crippen LogP contribution in [0.4, 0.5) is 5.69 Å². The molecule has 0 spiro atoms. The zero-order chi connectivity index (χ0) is 22.1. The molecule has 30 heavy (non-hydrogen) atoms. The summed E-state index contributed by atoms with van der Waals surface area (Å²) in [4.78, 5) is 49.1. The summed E-state index contributed by atoms with van der Waals surface area (Å²) in [7, 11) is 0. The van der Waals surface area contributed by atoms with Crippen LogP contribution in [0.2, 0.25) is 0 Å². The van der Waals surface area contributed by atoms with E-state index in [4.69, 9.17) is 4.74 Å². The molecule has 1 aliphatic heterocycles. The molecule has 1 saturated heterocycles. The smallest absolute Gasteiger partial charge is 0.237 e. The zero-order valence-corrected chi connectivity index (χ0v) is 18.1. The highest BCUT2D eigenvalue weighted by Gasteiger charge is 2.40. The third kappa shape index (κ3) is 6.76. The normalized spacial score (nSPS) is 16.4. The first-order valence-corrected chi connectivity index (χ1v) is 10.6. The molecule has 0 saturated carbocycles. The lowest BCUT2D eigenvalue weighted by Gasteiger charge is -2.16. The molecule has 2 rings (SSSR count). The third-order valence-corrected chi connectivity index (χ3v) is 5.31. The van der Waals surface area contributed by atoms with Crippen molar-refractivity contribution in [3.8, 4) is 0 Å². The van der Waals surface area contributed by atoms with E-state index in [-0.39, 0.29) is 41.8 Å². The Morgan fingerprint density at radius 2 is 1.83 bits per heavy atom. The van der Waals surface area contributed by atoms with Gasteiger partial charge in [-0.15, -0.1) is 0 Å². The minimum atomic E-state index is -0.253. The van der Waals surface area contributed by atoms with Crippen molar-refractivity contribution in [1.29, 1.82) is 0 Å². The Kier molecular flexibility index (Phi) is 9.17. The summed E-state index contributed by atoms with van der Waals surface area (Å²) < 4.78 is 5.33.